The van der Waals surface area contributed by atoms with Gasteiger partial charge < -0.3 is 5.32 Å². The van der Waals surface area contributed by atoms with Crippen molar-refractivity contribution >= 4 is 62.5 Å². The lowest BCUT2D eigenvalue weighted by molar-refractivity contribution is 0.102. The SMILES string of the molecule is O=C(Nc1ncnc(Cl)c1Cl)c1ccc(Br)c(Cl)c1. The maximum atomic E-state index is 12.0. The molecule has 8 heteroatoms. The maximum Gasteiger partial charge on any atom is 0.256 e. The maximum absolute atomic E-state index is 12.0. The van der Waals surface area contributed by atoms with Crippen molar-refractivity contribution in [3.05, 3.63) is 49.8 Å². The van der Waals surface area contributed by atoms with Gasteiger partial charge in [0.05, 0.1) is 5.02 Å². The Morgan fingerprint density at radius 2 is 1.95 bits per heavy atom. The van der Waals surface area contributed by atoms with Crippen molar-refractivity contribution in [3.63, 3.8) is 0 Å². The number of aromatic nitrogens is 2. The number of halogens is 4. The van der Waals surface area contributed by atoms with Crippen LogP contribution in [0.3, 0.4) is 0 Å². The monoisotopic (exact) mass is 379 g/mol. The highest BCUT2D eigenvalue weighted by Gasteiger charge is 2.13. The van der Waals surface area contributed by atoms with Crippen LogP contribution in [0.4, 0.5) is 5.82 Å². The first kappa shape index (κ1) is 14.5. The van der Waals surface area contributed by atoms with E-state index < -0.39 is 5.91 Å². The van der Waals surface area contributed by atoms with E-state index in [2.05, 4.69) is 31.2 Å². The van der Waals surface area contributed by atoms with Crippen LogP contribution in [-0.2, 0) is 0 Å². The van der Waals surface area contributed by atoms with Gasteiger partial charge in [-0.15, -0.1) is 0 Å². The van der Waals surface area contributed by atoms with Gasteiger partial charge in [-0.2, -0.15) is 0 Å². The van der Waals surface area contributed by atoms with E-state index in [9.17, 15) is 4.79 Å². The number of amides is 1. The lowest BCUT2D eigenvalue weighted by Gasteiger charge is -2.07. The largest absolute Gasteiger partial charge is 0.305 e. The lowest BCUT2D eigenvalue weighted by Crippen LogP contribution is -2.13. The normalized spacial score (nSPS) is 10.3. The molecule has 2 rings (SSSR count). The van der Waals surface area contributed by atoms with Crippen LogP contribution in [0.2, 0.25) is 15.2 Å². The molecule has 1 aromatic carbocycles. The van der Waals surface area contributed by atoms with E-state index in [1.807, 2.05) is 0 Å². The van der Waals surface area contributed by atoms with Crippen molar-refractivity contribution in [1.29, 1.82) is 0 Å². The Bertz CT molecular complexity index is 651. The third-order valence-electron chi connectivity index (χ3n) is 2.16. The van der Waals surface area contributed by atoms with E-state index in [1.165, 1.54) is 12.4 Å². The molecular formula is C11H5BrCl3N3O. The van der Waals surface area contributed by atoms with Gasteiger partial charge in [0.1, 0.15) is 11.3 Å². The molecule has 0 spiro atoms. The van der Waals surface area contributed by atoms with Crippen molar-refractivity contribution in [1.82, 2.24) is 9.97 Å². The number of nitrogens with zero attached hydrogens (tertiary/aromatic N) is 2. The summed E-state index contributed by atoms with van der Waals surface area (Å²) in [5, 5.41) is 3.12. The van der Waals surface area contributed by atoms with Gasteiger partial charge in [0.15, 0.2) is 11.0 Å². The lowest BCUT2D eigenvalue weighted by atomic mass is 10.2. The molecular weight excluding hydrogens is 376 g/mol. The minimum Gasteiger partial charge on any atom is -0.305 e. The molecule has 2 aromatic rings. The molecule has 0 radical (unpaired) electrons. The minimum absolute atomic E-state index is 0.0702. The number of benzene rings is 1. The molecule has 1 heterocycles. The summed E-state index contributed by atoms with van der Waals surface area (Å²) in [5.74, 6) is -0.253. The van der Waals surface area contributed by atoms with Crippen LogP contribution < -0.4 is 5.32 Å². The van der Waals surface area contributed by atoms with Crippen LogP contribution in [0.25, 0.3) is 0 Å². The number of hydrogen-bond acceptors (Lipinski definition) is 3. The number of anilines is 1. The summed E-state index contributed by atoms with van der Waals surface area (Å²) < 4.78 is 0.703. The third kappa shape index (κ3) is 3.36. The molecule has 1 N–H and O–H groups in total. The van der Waals surface area contributed by atoms with Crippen LogP contribution in [0, 0.1) is 0 Å². The predicted molar refractivity (Wildman–Crippen MR) is 79.2 cm³/mol. The Morgan fingerprint density at radius 1 is 1.21 bits per heavy atom. The third-order valence-corrected chi connectivity index (χ3v) is 4.13. The van der Waals surface area contributed by atoms with E-state index in [0.29, 0.717) is 15.1 Å². The standard InChI is InChI=1S/C11H5BrCl3N3O/c12-6-2-1-5(3-7(6)13)11(19)18-10-8(14)9(15)16-4-17-10/h1-4H,(H,16,17,18,19). The predicted octanol–water partition coefficient (Wildman–Crippen LogP) is 4.45. The zero-order valence-electron chi connectivity index (χ0n) is 9.12. The quantitative estimate of drug-likeness (QED) is 0.782. The van der Waals surface area contributed by atoms with Crippen molar-refractivity contribution in [2.75, 3.05) is 5.32 Å². The first-order valence-corrected chi connectivity index (χ1v) is 6.84. The van der Waals surface area contributed by atoms with E-state index >= 15 is 0 Å². The second kappa shape index (κ2) is 6.05. The van der Waals surface area contributed by atoms with Crippen LogP contribution in [0.15, 0.2) is 29.0 Å². The molecule has 1 aromatic heterocycles. The van der Waals surface area contributed by atoms with E-state index in [1.54, 1.807) is 12.1 Å². The zero-order chi connectivity index (χ0) is 14.0. The first-order valence-electron chi connectivity index (χ1n) is 4.91. The summed E-state index contributed by atoms with van der Waals surface area (Å²) in [6, 6.07) is 4.81. The van der Waals surface area contributed by atoms with Crippen LogP contribution >= 0.6 is 50.7 Å². The van der Waals surface area contributed by atoms with Crippen LogP contribution in [0.5, 0.6) is 0 Å². The topological polar surface area (TPSA) is 54.9 Å². The molecule has 0 fully saturated rings. The van der Waals surface area contributed by atoms with Crippen LogP contribution in [-0.4, -0.2) is 15.9 Å². The zero-order valence-corrected chi connectivity index (χ0v) is 13.0. The van der Waals surface area contributed by atoms with Crippen molar-refractivity contribution in [3.8, 4) is 0 Å². The number of rotatable bonds is 2. The Kier molecular flexibility index (Phi) is 4.62. The van der Waals surface area contributed by atoms with Crippen molar-refractivity contribution < 1.29 is 4.79 Å². The number of carbonyl (C=O) groups excluding carboxylic acids is 1. The molecule has 0 atom stereocenters. The summed E-state index contributed by atoms with van der Waals surface area (Å²) in [6.07, 6.45) is 1.21. The number of carbonyl (C=O) groups is 1. The van der Waals surface area contributed by atoms with Crippen LogP contribution in [0.1, 0.15) is 10.4 Å². The van der Waals surface area contributed by atoms with Crippen molar-refractivity contribution in [2.24, 2.45) is 0 Å². The molecule has 4 nitrogen and oxygen atoms in total. The summed E-state index contributed by atoms with van der Waals surface area (Å²) >= 11 is 20.8. The van der Waals surface area contributed by atoms with E-state index in [4.69, 9.17) is 34.8 Å². The van der Waals surface area contributed by atoms with Gasteiger partial charge >= 0.3 is 0 Å². The molecule has 0 aliphatic carbocycles. The molecule has 0 aliphatic rings. The summed E-state index contributed by atoms with van der Waals surface area (Å²) in [4.78, 5) is 19.5. The number of hydrogen-bond donors (Lipinski definition) is 1. The molecule has 0 saturated carbocycles. The molecule has 19 heavy (non-hydrogen) atoms. The Balaban J connectivity index is 2.26. The fourth-order valence-corrected chi connectivity index (χ4v) is 1.96. The number of nitrogens with one attached hydrogen (secondary N) is 1. The Morgan fingerprint density at radius 3 is 2.63 bits per heavy atom. The highest BCUT2D eigenvalue weighted by molar-refractivity contribution is 9.10. The summed E-state index contributed by atoms with van der Waals surface area (Å²) in [7, 11) is 0. The summed E-state index contributed by atoms with van der Waals surface area (Å²) in [6.45, 7) is 0. The second-order valence-corrected chi connectivity index (χ2v) is 5.41. The first-order chi connectivity index (χ1) is 8.99. The minimum atomic E-state index is -0.397. The van der Waals surface area contributed by atoms with Gasteiger partial charge in [0, 0.05) is 10.0 Å². The van der Waals surface area contributed by atoms with Gasteiger partial charge in [0.25, 0.3) is 5.91 Å². The van der Waals surface area contributed by atoms with E-state index in [0.717, 1.165) is 0 Å². The fraction of sp³-hybridized carbons (Fsp3) is 0. The Hall–Kier alpha value is -0.880. The van der Waals surface area contributed by atoms with Gasteiger partial charge in [-0.3, -0.25) is 4.79 Å². The van der Waals surface area contributed by atoms with Gasteiger partial charge in [-0.1, -0.05) is 34.8 Å². The molecule has 0 bridgehead atoms. The molecule has 0 aliphatic heterocycles. The van der Waals surface area contributed by atoms with Gasteiger partial charge in [-0.25, -0.2) is 9.97 Å². The summed E-state index contributed by atoms with van der Waals surface area (Å²) in [5.41, 5.74) is 0.374. The average Bonchev–Trinajstić information content (AvgIpc) is 2.38. The Labute approximate surface area is 132 Å². The molecule has 1 amide bonds. The van der Waals surface area contributed by atoms with Gasteiger partial charge in [0.2, 0.25) is 0 Å². The highest BCUT2D eigenvalue weighted by Crippen LogP contribution is 2.27. The highest BCUT2D eigenvalue weighted by atomic mass is 79.9. The smallest absolute Gasteiger partial charge is 0.256 e. The molecule has 0 unspecified atom stereocenters. The molecule has 0 saturated heterocycles. The molecule has 98 valence electrons. The van der Waals surface area contributed by atoms with Crippen molar-refractivity contribution in [2.45, 2.75) is 0 Å². The fourth-order valence-electron chi connectivity index (χ4n) is 1.25. The van der Waals surface area contributed by atoms with Gasteiger partial charge in [-0.05, 0) is 34.1 Å². The second-order valence-electron chi connectivity index (χ2n) is 3.41. The van der Waals surface area contributed by atoms with E-state index in [-0.39, 0.29) is 16.0 Å². The average molecular weight is 381 g/mol.